The third-order valence-electron chi connectivity index (χ3n) is 3.56. The third kappa shape index (κ3) is 3.83. The molecule has 0 heterocycles. The van der Waals surface area contributed by atoms with E-state index in [1.165, 1.54) is 17.7 Å². The van der Waals surface area contributed by atoms with Gasteiger partial charge in [-0.25, -0.2) is 4.39 Å². The summed E-state index contributed by atoms with van der Waals surface area (Å²) in [6.45, 7) is 5.19. The molecule has 0 radical (unpaired) electrons. The molecule has 2 nitrogen and oxygen atoms in total. The van der Waals surface area contributed by atoms with Gasteiger partial charge in [-0.15, -0.1) is 0 Å². The van der Waals surface area contributed by atoms with Crippen LogP contribution in [0.15, 0.2) is 46.9 Å². The second-order valence-electron chi connectivity index (χ2n) is 5.03. The van der Waals surface area contributed by atoms with Crippen LogP contribution in [0.4, 0.5) is 15.8 Å². The molecule has 2 aromatic carbocycles. The molecule has 112 valence electrons. The van der Waals surface area contributed by atoms with Crippen molar-refractivity contribution < 1.29 is 4.39 Å². The molecule has 2 aromatic rings. The zero-order chi connectivity index (χ0) is 15.4. The van der Waals surface area contributed by atoms with E-state index in [4.69, 9.17) is 0 Å². The van der Waals surface area contributed by atoms with Gasteiger partial charge in [0, 0.05) is 23.2 Å². The molecule has 1 atom stereocenters. The minimum atomic E-state index is -0.221. The molecular formula is C17H20BrFN2. The zero-order valence-corrected chi connectivity index (χ0v) is 14.1. The van der Waals surface area contributed by atoms with E-state index in [1.807, 2.05) is 11.9 Å². The first kappa shape index (κ1) is 16.0. The van der Waals surface area contributed by atoms with Gasteiger partial charge in [0.1, 0.15) is 5.82 Å². The molecule has 0 saturated carbocycles. The molecule has 2 rings (SSSR count). The molecule has 0 spiro atoms. The Morgan fingerprint density at radius 1 is 1.19 bits per heavy atom. The SMILES string of the molecule is CCNC(C)c1ccc(N(C)c2ccc(F)cc2)c(Br)c1. The topological polar surface area (TPSA) is 15.3 Å². The van der Waals surface area contributed by atoms with E-state index >= 15 is 0 Å². The molecule has 0 fully saturated rings. The van der Waals surface area contributed by atoms with Crippen LogP contribution in [-0.4, -0.2) is 13.6 Å². The molecular weight excluding hydrogens is 331 g/mol. The molecule has 0 aliphatic heterocycles. The number of hydrogen-bond donors (Lipinski definition) is 1. The lowest BCUT2D eigenvalue weighted by Crippen LogP contribution is -2.18. The van der Waals surface area contributed by atoms with Crippen molar-refractivity contribution in [2.75, 3.05) is 18.5 Å². The van der Waals surface area contributed by atoms with Gasteiger partial charge in [0.15, 0.2) is 0 Å². The summed E-state index contributed by atoms with van der Waals surface area (Å²) in [6.07, 6.45) is 0. The fourth-order valence-corrected chi connectivity index (χ4v) is 2.95. The number of benzene rings is 2. The highest BCUT2D eigenvalue weighted by atomic mass is 79.9. The lowest BCUT2D eigenvalue weighted by Gasteiger charge is -2.22. The summed E-state index contributed by atoms with van der Waals surface area (Å²) in [5.41, 5.74) is 3.23. The molecule has 1 unspecified atom stereocenters. The Morgan fingerprint density at radius 2 is 1.86 bits per heavy atom. The van der Waals surface area contributed by atoms with Crippen LogP contribution < -0.4 is 10.2 Å². The molecule has 0 aliphatic rings. The van der Waals surface area contributed by atoms with Crippen molar-refractivity contribution in [2.45, 2.75) is 19.9 Å². The summed E-state index contributed by atoms with van der Waals surface area (Å²) in [4.78, 5) is 2.03. The molecule has 0 saturated heterocycles. The van der Waals surface area contributed by atoms with Gasteiger partial charge in [-0.05, 0) is 71.4 Å². The Hall–Kier alpha value is -1.39. The predicted molar refractivity (Wildman–Crippen MR) is 90.7 cm³/mol. The van der Waals surface area contributed by atoms with Crippen LogP contribution in [0.2, 0.25) is 0 Å². The van der Waals surface area contributed by atoms with Crippen LogP contribution in [0.3, 0.4) is 0 Å². The second kappa shape index (κ2) is 7.05. The van der Waals surface area contributed by atoms with Crippen LogP contribution >= 0.6 is 15.9 Å². The number of nitrogens with one attached hydrogen (secondary N) is 1. The molecule has 1 N–H and O–H groups in total. The van der Waals surface area contributed by atoms with Crippen LogP contribution in [0, 0.1) is 5.82 Å². The summed E-state index contributed by atoms with van der Waals surface area (Å²) in [7, 11) is 1.97. The lowest BCUT2D eigenvalue weighted by molar-refractivity contribution is 0.598. The van der Waals surface area contributed by atoms with Crippen molar-refractivity contribution >= 4 is 27.3 Å². The molecule has 0 aliphatic carbocycles. The maximum absolute atomic E-state index is 13.0. The zero-order valence-electron chi connectivity index (χ0n) is 12.5. The first-order valence-electron chi connectivity index (χ1n) is 7.05. The van der Waals surface area contributed by atoms with E-state index in [0.29, 0.717) is 6.04 Å². The summed E-state index contributed by atoms with van der Waals surface area (Å²) in [6, 6.07) is 13.1. The van der Waals surface area contributed by atoms with Crippen molar-refractivity contribution in [1.82, 2.24) is 5.32 Å². The van der Waals surface area contributed by atoms with Crippen molar-refractivity contribution in [1.29, 1.82) is 0 Å². The maximum atomic E-state index is 13.0. The van der Waals surface area contributed by atoms with E-state index in [2.05, 4.69) is 53.3 Å². The standard InChI is InChI=1S/C17H20BrFN2/c1-4-20-12(2)13-5-10-17(16(18)11-13)21(3)15-8-6-14(19)7-9-15/h5-12,20H,4H2,1-3H3. The summed E-state index contributed by atoms with van der Waals surface area (Å²) in [5, 5.41) is 3.40. The van der Waals surface area contributed by atoms with Gasteiger partial charge in [0.05, 0.1) is 5.69 Å². The van der Waals surface area contributed by atoms with Crippen LogP contribution in [0.5, 0.6) is 0 Å². The maximum Gasteiger partial charge on any atom is 0.123 e. The molecule has 0 bridgehead atoms. The molecule has 4 heteroatoms. The fraction of sp³-hybridized carbons (Fsp3) is 0.294. The monoisotopic (exact) mass is 350 g/mol. The molecule has 0 aromatic heterocycles. The van der Waals surface area contributed by atoms with Gasteiger partial charge in [-0.2, -0.15) is 0 Å². The minimum absolute atomic E-state index is 0.221. The van der Waals surface area contributed by atoms with Crippen LogP contribution in [-0.2, 0) is 0 Å². The highest BCUT2D eigenvalue weighted by molar-refractivity contribution is 9.10. The van der Waals surface area contributed by atoms with E-state index in [-0.39, 0.29) is 5.82 Å². The average molecular weight is 351 g/mol. The van der Waals surface area contributed by atoms with Crippen molar-refractivity contribution in [3.05, 3.63) is 58.3 Å². The Morgan fingerprint density at radius 3 is 2.43 bits per heavy atom. The normalized spacial score (nSPS) is 12.2. The highest BCUT2D eigenvalue weighted by Gasteiger charge is 2.11. The predicted octanol–water partition coefficient (Wildman–Crippen LogP) is 5.03. The van der Waals surface area contributed by atoms with Gasteiger partial charge >= 0.3 is 0 Å². The lowest BCUT2D eigenvalue weighted by atomic mass is 10.1. The Labute approximate surface area is 134 Å². The Bertz CT molecular complexity index is 598. The number of anilines is 2. The highest BCUT2D eigenvalue weighted by Crippen LogP contribution is 2.33. The first-order chi connectivity index (χ1) is 10.0. The van der Waals surface area contributed by atoms with E-state index in [9.17, 15) is 4.39 Å². The average Bonchev–Trinajstić information content (AvgIpc) is 2.47. The van der Waals surface area contributed by atoms with Gasteiger partial charge in [0.2, 0.25) is 0 Å². The Balaban J connectivity index is 2.26. The van der Waals surface area contributed by atoms with Crippen molar-refractivity contribution in [3.8, 4) is 0 Å². The number of hydrogen-bond acceptors (Lipinski definition) is 2. The molecule has 21 heavy (non-hydrogen) atoms. The number of nitrogens with zero attached hydrogens (tertiary/aromatic N) is 1. The van der Waals surface area contributed by atoms with Gasteiger partial charge in [-0.1, -0.05) is 13.0 Å². The largest absolute Gasteiger partial charge is 0.344 e. The van der Waals surface area contributed by atoms with E-state index in [0.717, 1.165) is 22.4 Å². The minimum Gasteiger partial charge on any atom is -0.344 e. The van der Waals surface area contributed by atoms with Gasteiger partial charge < -0.3 is 10.2 Å². The number of halogens is 2. The first-order valence-corrected chi connectivity index (χ1v) is 7.84. The van der Waals surface area contributed by atoms with E-state index < -0.39 is 0 Å². The second-order valence-corrected chi connectivity index (χ2v) is 5.88. The van der Waals surface area contributed by atoms with E-state index in [1.54, 1.807) is 12.1 Å². The van der Waals surface area contributed by atoms with Crippen LogP contribution in [0.1, 0.15) is 25.5 Å². The number of rotatable bonds is 5. The van der Waals surface area contributed by atoms with Gasteiger partial charge in [-0.3, -0.25) is 0 Å². The Kier molecular flexibility index (Phi) is 5.37. The molecule has 0 amide bonds. The van der Waals surface area contributed by atoms with Crippen LogP contribution in [0.25, 0.3) is 0 Å². The fourth-order valence-electron chi connectivity index (χ4n) is 2.29. The summed E-state index contributed by atoms with van der Waals surface area (Å²) >= 11 is 3.64. The van der Waals surface area contributed by atoms with Crippen molar-refractivity contribution in [3.63, 3.8) is 0 Å². The summed E-state index contributed by atoms with van der Waals surface area (Å²) < 4.78 is 14.0. The van der Waals surface area contributed by atoms with Crippen molar-refractivity contribution in [2.24, 2.45) is 0 Å². The third-order valence-corrected chi connectivity index (χ3v) is 4.19. The smallest absolute Gasteiger partial charge is 0.123 e. The summed E-state index contributed by atoms with van der Waals surface area (Å²) in [5.74, 6) is -0.221. The van der Waals surface area contributed by atoms with Gasteiger partial charge in [0.25, 0.3) is 0 Å². The quantitative estimate of drug-likeness (QED) is 0.813.